The number of phenolic OH excluding ortho intramolecular Hbond substituents is 8. The molecule has 12 nitrogen and oxygen atoms in total. The molecule has 2 heterocycles. The summed E-state index contributed by atoms with van der Waals surface area (Å²) >= 11 is 0. The lowest BCUT2D eigenvalue weighted by molar-refractivity contribution is 0.0196. The van der Waals surface area contributed by atoms with Crippen LogP contribution in [0.25, 0.3) is 0 Å². The maximum atomic E-state index is 10.2. The highest BCUT2D eigenvalue weighted by Gasteiger charge is 2.33. The monoisotopic (exact) mass is 580 g/mol. The van der Waals surface area contributed by atoms with Gasteiger partial charge >= 0.3 is 0 Å². The number of aliphatic hydroxyl groups is 2. The van der Waals surface area contributed by atoms with E-state index in [0.29, 0.717) is 22.3 Å². The summed E-state index contributed by atoms with van der Waals surface area (Å²) in [6, 6.07) is 13.3. The van der Waals surface area contributed by atoms with Crippen molar-refractivity contribution in [1.29, 1.82) is 0 Å². The molecule has 0 radical (unpaired) electrons. The maximum Gasteiger partial charge on any atom is 0.157 e. The van der Waals surface area contributed by atoms with Crippen LogP contribution in [0.4, 0.5) is 0 Å². The Morgan fingerprint density at radius 3 is 1.19 bits per heavy atom. The Morgan fingerprint density at radius 2 is 0.833 bits per heavy atom. The van der Waals surface area contributed by atoms with Gasteiger partial charge in [-0.15, -0.1) is 0 Å². The zero-order valence-electron chi connectivity index (χ0n) is 21.8. The molecule has 0 saturated heterocycles. The third kappa shape index (κ3) is 5.53. The van der Waals surface area contributed by atoms with Gasteiger partial charge in [-0.2, -0.15) is 0 Å². The third-order valence-corrected chi connectivity index (χ3v) is 7.03. The highest BCUT2D eigenvalue weighted by atomic mass is 16.5. The van der Waals surface area contributed by atoms with Crippen molar-refractivity contribution in [2.45, 2.75) is 37.3 Å². The van der Waals surface area contributed by atoms with Gasteiger partial charge in [0.25, 0.3) is 0 Å². The SMILES string of the molecule is Oc1cc(O)c2c(c1)OC(c1ccc(O)c(O)c1)C(O)C2.Oc1cc(O)c2c(c1)OC(c1ccc(O)c(O)c1)C(O)C2. The minimum Gasteiger partial charge on any atom is -0.508 e. The largest absolute Gasteiger partial charge is 0.508 e. The fraction of sp³-hybridized carbons (Fsp3) is 0.200. The Balaban J connectivity index is 0.000000168. The number of hydrogen-bond acceptors (Lipinski definition) is 12. The van der Waals surface area contributed by atoms with Crippen LogP contribution in [0.5, 0.6) is 57.5 Å². The van der Waals surface area contributed by atoms with E-state index in [4.69, 9.17) is 9.47 Å². The number of ether oxygens (including phenoxy) is 2. The minimum absolute atomic E-state index is 0.143. The van der Waals surface area contributed by atoms with E-state index in [-0.39, 0.29) is 70.3 Å². The molecule has 0 amide bonds. The smallest absolute Gasteiger partial charge is 0.157 e. The summed E-state index contributed by atoms with van der Waals surface area (Å²) in [5.41, 5.74) is 1.79. The standard InChI is InChI=1S/2C15H14O6/c2*16-8-4-11(18)9-6-13(20)15(21-14(9)5-8)7-1-2-10(17)12(19)3-7/h2*1-5,13,15-20H,6H2. The lowest BCUT2D eigenvalue weighted by Gasteiger charge is -2.31. The predicted molar refractivity (Wildman–Crippen MR) is 145 cm³/mol. The van der Waals surface area contributed by atoms with Crippen LogP contribution in [-0.2, 0) is 12.8 Å². The van der Waals surface area contributed by atoms with Crippen LogP contribution in [0.15, 0.2) is 60.7 Å². The number of fused-ring (bicyclic) bond motifs is 2. The van der Waals surface area contributed by atoms with Crippen LogP contribution in [0.1, 0.15) is 34.5 Å². The van der Waals surface area contributed by atoms with Gasteiger partial charge < -0.3 is 60.5 Å². The summed E-state index contributed by atoms with van der Waals surface area (Å²) in [6.07, 6.45) is -3.12. The average molecular weight is 581 g/mol. The molecule has 0 aromatic heterocycles. The summed E-state index contributed by atoms with van der Waals surface area (Å²) in [5.74, 6) is -1.18. The zero-order valence-corrected chi connectivity index (χ0v) is 21.8. The molecule has 4 aromatic carbocycles. The number of rotatable bonds is 2. The van der Waals surface area contributed by atoms with E-state index in [1.54, 1.807) is 0 Å². The molecule has 0 aliphatic carbocycles. The van der Waals surface area contributed by atoms with E-state index >= 15 is 0 Å². The van der Waals surface area contributed by atoms with Gasteiger partial charge in [-0.3, -0.25) is 0 Å². The van der Waals surface area contributed by atoms with E-state index < -0.39 is 24.4 Å². The lowest BCUT2D eigenvalue weighted by atomic mass is 9.94. The maximum absolute atomic E-state index is 10.2. The van der Waals surface area contributed by atoms with Crippen molar-refractivity contribution < 1.29 is 60.5 Å². The van der Waals surface area contributed by atoms with Crippen LogP contribution in [-0.4, -0.2) is 63.3 Å². The normalized spacial score (nSPS) is 20.6. The first-order chi connectivity index (χ1) is 19.9. The topological polar surface area (TPSA) is 221 Å². The van der Waals surface area contributed by atoms with Crippen LogP contribution in [0, 0.1) is 0 Å². The Morgan fingerprint density at radius 1 is 0.452 bits per heavy atom. The van der Waals surface area contributed by atoms with Gasteiger partial charge in [0.15, 0.2) is 23.0 Å². The Labute approximate surface area is 238 Å². The first-order valence-electron chi connectivity index (χ1n) is 12.7. The molecule has 12 heteroatoms. The Bertz CT molecular complexity index is 1510. The molecular formula is C30H28O12. The highest BCUT2D eigenvalue weighted by Crippen LogP contribution is 2.44. The van der Waals surface area contributed by atoms with Crippen LogP contribution in [0.2, 0.25) is 0 Å². The quantitative estimate of drug-likeness (QED) is 0.155. The second-order valence-electron chi connectivity index (χ2n) is 10.00. The fourth-order valence-electron chi connectivity index (χ4n) is 4.93. The van der Waals surface area contributed by atoms with E-state index in [2.05, 4.69) is 0 Å². The molecule has 10 N–H and O–H groups in total. The molecule has 0 spiro atoms. The molecule has 0 saturated carbocycles. The van der Waals surface area contributed by atoms with Gasteiger partial charge in [0.2, 0.25) is 0 Å². The van der Waals surface area contributed by atoms with Crippen molar-refractivity contribution in [3.05, 3.63) is 82.9 Å². The summed E-state index contributed by atoms with van der Waals surface area (Å²) in [4.78, 5) is 0. The average Bonchev–Trinajstić information content (AvgIpc) is 2.92. The van der Waals surface area contributed by atoms with E-state index in [0.717, 1.165) is 0 Å². The van der Waals surface area contributed by atoms with Crippen LogP contribution in [0.3, 0.4) is 0 Å². The number of aliphatic hydroxyl groups excluding tert-OH is 2. The van der Waals surface area contributed by atoms with Gasteiger partial charge in [0.05, 0.1) is 12.2 Å². The zero-order chi connectivity index (χ0) is 30.3. The number of phenols is 8. The molecule has 2 aliphatic heterocycles. The molecule has 0 fully saturated rings. The summed E-state index contributed by atoms with van der Waals surface area (Å²) in [6.45, 7) is 0. The summed E-state index contributed by atoms with van der Waals surface area (Å²) in [7, 11) is 0. The molecule has 4 atom stereocenters. The van der Waals surface area contributed by atoms with Crippen molar-refractivity contribution in [1.82, 2.24) is 0 Å². The Kier molecular flexibility index (Phi) is 7.42. The van der Waals surface area contributed by atoms with Crippen molar-refractivity contribution in [3.8, 4) is 57.5 Å². The van der Waals surface area contributed by atoms with Crippen LogP contribution >= 0.6 is 0 Å². The van der Waals surface area contributed by atoms with Gasteiger partial charge in [-0.05, 0) is 35.4 Å². The molecule has 6 rings (SSSR count). The van der Waals surface area contributed by atoms with Crippen molar-refractivity contribution in [3.63, 3.8) is 0 Å². The predicted octanol–water partition coefficient (Wildman–Crippen LogP) is 3.09. The summed E-state index contributed by atoms with van der Waals surface area (Å²) in [5, 5.41) is 96.6. The second kappa shape index (κ2) is 11.0. The molecule has 4 aromatic rings. The van der Waals surface area contributed by atoms with E-state index in [1.807, 2.05) is 0 Å². The van der Waals surface area contributed by atoms with Gasteiger partial charge in [-0.25, -0.2) is 0 Å². The van der Waals surface area contributed by atoms with Gasteiger partial charge in [-0.1, -0.05) is 12.1 Å². The molecule has 4 unspecified atom stereocenters. The van der Waals surface area contributed by atoms with Crippen molar-refractivity contribution in [2.75, 3.05) is 0 Å². The molecule has 2 aliphatic rings. The first-order valence-corrected chi connectivity index (χ1v) is 12.7. The number of aromatic hydroxyl groups is 8. The molecular weight excluding hydrogens is 552 g/mol. The van der Waals surface area contributed by atoms with Crippen molar-refractivity contribution >= 4 is 0 Å². The number of hydrogen-bond donors (Lipinski definition) is 10. The first kappa shape index (κ1) is 28.3. The Hall–Kier alpha value is -5.20. The fourth-order valence-corrected chi connectivity index (χ4v) is 4.93. The summed E-state index contributed by atoms with van der Waals surface area (Å²) < 4.78 is 11.2. The number of benzene rings is 4. The minimum atomic E-state index is -0.933. The van der Waals surface area contributed by atoms with E-state index in [9.17, 15) is 51.1 Å². The van der Waals surface area contributed by atoms with E-state index in [1.165, 1.54) is 60.7 Å². The second-order valence-corrected chi connectivity index (χ2v) is 10.00. The van der Waals surface area contributed by atoms with Crippen LogP contribution < -0.4 is 9.47 Å². The van der Waals surface area contributed by atoms with Gasteiger partial charge in [0.1, 0.15) is 46.7 Å². The molecule has 220 valence electrons. The molecule has 42 heavy (non-hydrogen) atoms. The highest BCUT2D eigenvalue weighted by molar-refractivity contribution is 5.53. The molecule has 0 bridgehead atoms. The third-order valence-electron chi connectivity index (χ3n) is 7.03. The lowest BCUT2D eigenvalue weighted by Crippen LogP contribution is -2.30. The van der Waals surface area contributed by atoms with Gasteiger partial charge in [0, 0.05) is 48.2 Å². The van der Waals surface area contributed by atoms with Crippen molar-refractivity contribution in [2.24, 2.45) is 0 Å².